The van der Waals surface area contributed by atoms with E-state index in [1.807, 2.05) is 0 Å². The van der Waals surface area contributed by atoms with E-state index < -0.39 is 25.5 Å². The lowest BCUT2D eigenvalue weighted by molar-refractivity contribution is -0.324. The number of hydrogen-bond donors (Lipinski definition) is 0. The molecular weight excluding hydrogens is 243 g/mol. The first-order valence-corrected chi connectivity index (χ1v) is 4.93. The summed E-state index contributed by atoms with van der Waals surface area (Å²) < 4.78 is 38.4. The molecule has 0 heterocycles. The van der Waals surface area contributed by atoms with Crippen molar-refractivity contribution in [3.05, 3.63) is 4.91 Å². The van der Waals surface area contributed by atoms with Gasteiger partial charge < -0.3 is 4.90 Å². The van der Waals surface area contributed by atoms with Crippen LogP contribution in [0, 0.1) is 4.91 Å². The Labute approximate surface area is 95.2 Å². The molecule has 0 N–H and O–H groups in total. The van der Waals surface area contributed by atoms with Gasteiger partial charge in [0.05, 0.1) is 18.4 Å². The van der Waals surface area contributed by atoms with Crippen molar-refractivity contribution in [2.24, 2.45) is 5.29 Å². The number of hydrogen-bond acceptors (Lipinski definition) is 4. The van der Waals surface area contributed by atoms with Crippen molar-refractivity contribution < 1.29 is 22.7 Å². The van der Waals surface area contributed by atoms with E-state index in [1.54, 1.807) is 0 Å². The number of amides is 2. The number of nitrogens with zero attached hydrogens (tertiary/aromatic N) is 3. The number of ether oxygens (including phenoxy) is 1. The van der Waals surface area contributed by atoms with Crippen LogP contribution in [0.4, 0.5) is 18.0 Å². The molecule has 0 spiro atoms. The highest BCUT2D eigenvalue weighted by molar-refractivity contribution is 5.74. The molecule has 9 heteroatoms. The first kappa shape index (κ1) is 13.7. The Kier molecular flexibility index (Phi) is 4.27. The van der Waals surface area contributed by atoms with Gasteiger partial charge in [-0.1, -0.05) is 0 Å². The predicted molar refractivity (Wildman–Crippen MR) is 50.7 cm³/mol. The van der Waals surface area contributed by atoms with Crippen molar-refractivity contribution in [3.8, 4) is 0 Å². The van der Waals surface area contributed by atoms with Gasteiger partial charge in [-0.3, -0.25) is 4.74 Å². The van der Waals surface area contributed by atoms with E-state index in [-0.39, 0.29) is 6.04 Å². The van der Waals surface area contributed by atoms with Crippen molar-refractivity contribution in [3.63, 3.8) is 0 Å². The minimum Gasteiger partial charge on any atom is -0.323 e. The molecule has 1 aliphatic rings. The monoisotopic (exact) mass is 255 g/mol. The summed E-state index contributed by atoms with van der Waals surface area (Å²) in [7, 11) is 1.47. The Balaban J connectivity index is 2.36. The molecule has 98 valence electrons. The molecule has 1 fully saturated rings. The van der Waals surface area contributed by atoms with Crippen LogP contribution in [0.25, 0.3) is 0 Å². The van der Waals surface area contributed by atoms with Gasteiger partial charge in [-0.15, -0.1) is 18.1 Å². The van der Waals surface area contributed by atoms with Crippen LogP contribution in [-0.2, 0) is 4.74 Å². The molecule has 1 aliphatic carbocycles. The SMILES string of the molecule is CN(C(=O)N(CCOC(F)(F)F)N=O)C1CC1. The number of alkyl halides is 3. The highest BCUT2D eigenvalue weighted by Gasteiger charge is 2.33. The third-order valence-electron chi connectivity index (χ3n) is 2.28. The second kappa shape index (κ2) is 5.30. The molecule has 0 aromatic rings. The maximum atomic E-state index is 11.7. The van der Waals surface area contributed by atoms with E-state index >= 15 is 0 Å². The molecule has 1 saturated carbocycles. The van der Waals surface area contributed by atoms with Gasteiger partial charge in [0, 0.05) is 13.1 Å². The molecule has 0 saturated heterocycles. The molecule has 0 aromatic heterocycles. The molecule has 0 unspecified atom stereocenters. The van der Waals surface area contributed by atoms with Crippen LogP contribution < -0.4 is 0 Å². The highest BCUT2D eigenvalue weighted by Crippen LogP contribution is 2.26. The summed E-state index contributed by atoms with van der Waals surface area (Å²) in [5.41, 5.74) is 0. The van der Waals surface area contributed by atoms with E-state index in [1.165, 1.54) is 11.9 Å². The van der Waals surface area contributed by atoms with Crippen LogP contribution in [0.3, 0.4) is 0 Å². The Bertz CT molecular complexity index is 293. The largest absolute Gasteiger partial charge is 0.522 e. The summed E-state index contributed by atoms with van der Waals surface area (Å²) in [6.45, 7) is -1.35. The molecule has 6 nitrogen and oxygen atoms in total. The van der Waals surface area contributed by atoms with Crippen LogP contribution in [0.5, 0.6) is 0 Å². The zero-order chi connectivity index (χ0) is 13.1. The lowest BCUT2D eigenvalue weighted by atomic mass is 10.5. The van der Waals surface area contributed by atoms with Gasteiger partial charge in [-0.25, -0.2) is 4.79 Å². The van der Waals surface area contributed by atoms with Crippen LogP contribution in [0.15, 0.2) is 5.29 Å². The summed E-state index contributed by atoms with van der Waals surface area (Å²) >= 11 is 0. The van der Waals surface area contributed by atoms with E-state index in [0.717, 1.165) is 12.8 Å². The Morgan fingerprint density at radius 3 is 2.47 bits per heavy atom. The summed E-state index contributed by atoms with van der Waals surface area (Å²) in [4.78, 5) is 23.2. The maximum Gasteiger partial charge on any atom is 0.522 e. The minimum absolute atomic E-state index is 0.0512. The van der Waals surface area contributed by atoms with Gasteiger partial charge in [-0.2, -0.15) is 5.01 Å². The second-order valence-electron chi connectivity index (χ2n) is 3.62. The second-order valence-corrected chi connectivity index (χ2v) is 3.62. The zero-order valence-electron chi connectivity index (χ0n) is 9.11. The third kappa shape index (κ3) is 4.55. The summed E-state index contributed by atoms with van der Waals surface area (Å²) in [6.07, 6.45) is -3.12. The van der Waals surface area contributed by atoms with Crippen molar-refractivity contribution >= 4 is 6.03 Å². The van der Waals surface area contributed by atoms with Crippen molar-refractivity contribution in [2.75, 3.05) is 20.2 Å². The van der Waals surface area contributed by atoms with Crippen LogP contribution in [0.1, 0.15) is 12.8 Å². The van der Waals surface area contributed by atoms with Crippen LogP contribution in [-0.4, -0.2) is 48.5 Å². The fourth-order valence-electron chi connectivity index (χ4n) is 1.22. The van der Waals surface area contributed by atoms with Gasteiger partial charge in [0.1, 0.15) is 0 Å². The summed E-state index contributed by atoms with van der Waals surface area (Å²) in [6, 6.07) is -0.663. The lowest BCUT2D eigenvalue weighted by Gasteiger charge is -2.21. The van der Waals surface area contributed by atoms with Crippen LogP contribution in [0.2, 0.25) is 0 Å². The molecular formula is C8H12F3N3O3. The first-order chi connectivity index (χ1) is 7.85. The van der Waals surface area contributed by atoms with Gasteiger partial charge in [-0.05, 0) is 12.8 Å². The number of halogens is 3. The topological polar surface area (TPSA) is 62.2 Å². The molecule has 0 aliphatic heterocycles. The van der Waals surface area contributed by atoms with Crippen molar-refractivity contribution in [1.29, 1.82) is 0 Å². The summed E-state index contributed by atoms with van der Waals surface area (Å²) in [5, 5.41) is 2.80. The lowest BCUT2D eigenvalue weighted by Crippen LogP contribution is -2.41. The Morgan fingerprint density at radius 1 is 1.47 bits per heavy atom. The van der Waals surface area contributed by atoms with Gasteiger partial charge in [0.15, 0.2) is 0 Å². The maximum absolute atomic E-state index is 11.7. The van der Waals surface area contributed by atoms with E-state index in [0.29, 0.717) is 5.01 Å². The fraction of sp³-hybridized carbons (Fsp3) is 0.875. The third-order valence-corrected chi connectivity index (χ3v) is 2.28. The van der Waals surface area contributed by atoms with E-state index in [4.69, 9.17) is 0 Å². The predicted octanol–water partition coefficient (Wildman–Crippen LogP) is 1.72. The molecule has 2 amide bonds. The molecule has 0 atom stereocenters. The average molecular weight is 255 g/mol. The first-order valence-electron chi connectivity index (χ1n) is 4.93. The average Bonchev–Trinajstić information content (AvgIpc) is 3.04. The quantitative estimate of drug-likeness (QED) is 0.555. The van der Waals surface area contributed by atoms with Gasteiger partial charge in [0.25, 0.3) is 0 Å². The summed E-state index contributed by atoms with van der Waals surface area (Å²) in [5.74, 6) is 0. The Hall–Kier alpha value is -1.38. The van der Waals surface area contributed by atoms with Gasteiger partial charge >= 0.3 is 12.4 Å². The molecule has 1 rings (SSSR count). The van der Waals surface area contributed by atoms with E-state index in [2.05, 4.69) is 10.0 Å². The standard InChI is InChI=1S/C8H12F3N3O3/c1-13(6-2-3-6)7(15)14(12-16)4-5-17-8(9,10)11/h6H,2-5H2,1H3. The van der Waals surface area contributed by atoms with Crippen molar-refractivity contribution in [2.45, 2.75) is 25.2 Å². The number of urea groups is 1. The highest BCUT2D eigenvalue weighted by atomic mass is 19.4. The van der Waals surface area contributed by atoms with Gasteiger partial charge in [0.2, 0.25) is 0 Å². The molecule has 0 radical (unpaired) electrons. The number of rotatable bonds is 5. The number of carbonyl (C=O) groups excluding carboxylic acids is 1. The van der Waals surface area contributed by atoms with Crippen molar-refractivity contribution in [1.82, 2.24) is 9.91 Å². The number of carbonyl (C=O) groups is 1. The normalized spacial score (nSPS) is 15.5. The van der Waals surface area contributed by atoms with E-state index in [9.17, 15) is 22.9 Å². The Morgan fingerprint density at radius 2 is 2.06 bits per heavy atom. The molecule has 0 aromatic carbocycles. The zero-order valence-corrected chi connectivity index (χ0v) is 9.11. The minimum atomic E-state index is -4.78. The molecule has 0 bridgehead atoms. The smallest absolute Gasteiger partial charge is 0.323 e. The number of nitroso groups, excluding NO2 is 1. The molecule has 17 heavy (non-hydrogen) atoms. The fourth-order valence-corrected chi connectivity index (χ4v) is 1.22. The van der Waals surface area contributed by atoms with Crippen LogP contribution >= 0.6 is 0 Å².